The van der Waals surface area contributed by atoms with Crippen LogP contribution in [0.15, 0.2) is 35.9 Å². The van der Waals surface area contributed by atoms with Gasteiger partial charge in [0.1, 0.15) is 0 Å². The summed E-state index contributed by atoms with van der Waals surface area (Å²) in [4.78, 5) is 2.12. The van der Waals surface area contributed by atoms with Gasteiger partial charge in [-0.25, -0.2) is 5.43 Å². The maximum Gasteiger partial charge on any atom is 0.0670 e. The Hall–Kier alpha value is -1.32. The van der Waals surface area contributed by atoms with E-state index in [4.69, 9.17) is 5.84 Å². The minimum atomic E-state index is 0.151. The van der Waals surface area contributed by atoms with Gasteiger partial charge in [-0.3, -0.25) is 5.84 Å². The summed E-state index contributed by atoms with van der Waals surface area (Å²) >= 11 is 0. The molecular weight excluding hydrogens is 234 g/mol. The minimum Gasteiger partial charge on any atom is -0.378 e. The third-order valence-electron chi connectivity index (χ3n) is 3.83. The summed E-state index contributed by atoms with van der Waals surface area (Å²) in [5, 5.41) is 0. The molecule has 3 N–H and O–H groups in total. The number of allylic oxidation sites excluding steroid dienone is 1. The molecule has 0 heterocycles. The van der Waals surface area contributed by atoms with Crippen LogP contribution in [0.25, 0.3) is 0 Å². The van der Waals surface area contributed by atoms with Crippen molar-refractivity contribution in [3.8, 4) is 0 Å². The van der Waals surface area contributed by atoms with E-state index in [0.717, 1.165) is 6.42 Å². The van der Waals surface area contributed by atoms with E-state index < -0.39 is 0 Å². The second kappa shape index (κ2) is 6.73. The fraction of sp³-hybridized carbons (Fsp3) is 0.500. The van der Waals surface area contributed by atoms with Crippen LogP contribution in [0.1, 0.15) is 43.7 Å². The molecule has 1 atom stereocenters. The normalized spacial score (nSPS) is 17.5. The van der Waals surface area contributed by atoms with Crippen molar-refractivity contribution in [3.05, 3.63) is 41.5 Å². The summed E-state index contributed by atoms with van der Waals surface area (Å²) in [5.41, 5.74) is 6.90. The molecule has 0 aromatic heterocycles. The Morgan fingerprint density at radius 3 is 2.79 bits per heavy atom. The molecule has 0 aliphatic heterocycles. The average Bonchev–Trinajstić information content (AvgIpc) is 2.69. The number of anilines is 1. The van der Waals surface area contributed by atoms with E-state index in [-0.39, 0.29) is 6.04 Å². The molecule has 0 fully saturated rings. The lowest BCUT2D eigenvalue weighted by atomic mass is 9.95. The summed E-state index contributed by atoms with van der Waals surface area (Å²) in [6.07, 6.45) is 8.62. The molecule has 1 aliphatic carbocycles. The Morgan fingerprint density at radius 1 is 1.21 bits per heavy atom. The van der Waals surface area contributed by atoms with Crippen molar-refractivity contribution in [2.45, 2.75) is 38.1 Å². The molecule has 19 heavy (non-hydrogen) atoms. The van der Waals surface area contributed by atoms with E-state index in [1.165, 1.54) is 42.5 Å². The van der Waals surface area contributed by atoms with Crippen LogP contribution in [0.3, 0.4) is 0 Å². The van der Waals surface area contributed by atoms with Crippen molar-refractivity contribution in [1.29, 1.82) is 0 Å². The first kappa shape index (κ1) is 14.1. The molecule has 3 heteroatoms. The summed E-state index contributed by atoms with van der Waals surface area (Å²) in [6.45, 7) is 0. The molecule has 0 saturated heterocycles. The van der Waals surface area contributed by atoms with Crippen LogP contribution >= 0.6 is 0 Å². The van der Waals surface area contributed by atoms with Gasteiger partial charge in [-0.2, -0.15) is 0 Å². The predicted octanol–water partition coefficient (Wildman–Crippen LogP) is 3.15. The third kappa shape index (κ3) is 3.58. The first-order valence-electron chi connectivity index (χ1n) is 7.14. The van der Waals surface area contributed by atoms with Crippen molar-refractivity contribution in [3.63, 3.8) is 0 Å². The van der Waals surface area contributed by atoms with E-state index in [1.807, 2.05) is 0 Å². The molecule has 0 amide bonds. The first-order valence-corrected chi connectivity index (χ1v) is 7.14. The van der Waals surface area contributed by atoms with Gasteiger partial charge in [-0.05, 0) is 43.4 Å². The average molecular weight is 259 g/mol. The number of nitrogens with zero attached hydrogens (tertiary/aromatic N) is 1. The number of nitrogens with two attached hydrogens (primary N) is 1. The van der Waals surface area contributed by atoms with E-state index in [0.29, 0.717) is 0 Å². The van der Waals surface area contributed by atoms with Crippen LogP contribution in [0.5, 0.6) is 0 Å². The molecule has 1 aromatic rings. The molecule has 0 radical (unpaired) electrons. The molecule has 0 bridgehead atoms. The lowest BCUT2D eigenvalue weighted by Gasteiger charge is -2.22. The third-order valence-corrected chi connectivity index (χ3v) is 3.83. The maximum absolute atomic E-state index is 5.81. The maximum atomic E-state index is 5.81. The Kier molecular flexibility index (Phi) is 5.00. The molecule has 2 rings (SSSR count). The molecule has 104 valence electrons. The van der Waals surface area contributed by atoms with Gasteiger partial charge in [-0.15, -0.1) is 0 Å². The van der Waals surface area contributed by atoms with Crippen molar-refractivity contribution >= 4 is 5.69 Å². The molecule has 0 spiro atoms. The number of nitrogens with one attached hydrogen (secondary N) is 1. The Balaban J connectivity index is 2.25. The zero-order valence-corrected chi connectivity index (χ0v) is 12.0. The van der Waals surface area contributed by atoms with Gasteiger partial charge in [0.25, 0.3) is 0 Å². The van der Waals surface area contributed by atoms with Gasteiger partial charge in [-0.1, -0.05) is 30.2 Å². The highest BCUT2D eigenvalue weighted by Gasteiger charge is 2.16. The lowest BCUT2D eigenvalue weighted by molar-refractivity contribution is 0.593. The monoisotopic (exact) mass is 259 g/mol. The molecule has 1 unspecified atom stereocenters. The number of hydrogen-bond donors (Lipinski definition) is 2. The lowest BCUT2D eigenvalue weighted by Crippen LogP contribution is -2.29. The van der Waals surface area contributed by atoms with Gasteiger partial charge < -0.3 is 4.90 Å². The summed E-state index contributed by atoms with van der Waals surface area (Å²) in [7, 11) is 4.13. The van der Waals surface area contributed by atoms with Crippen LogP contribution < -0.4 is 16.2 Å². The summed E-state index contributed by atoms with van der Waals surface area (Å²) < 4.78 is 0. The fourth-order valence-electron chi connectivity index (χ4n) is 2.70. The smallest absolute Gasteiger partial charge is 0.0670 e. The topological polar surface area (TPSA) is 41.3 Å². The van der Waals surface area contributed by atoms with Crippen LogP contribution in [-0.2, 0) is 0 Å². The SMILES string of the molecule is CN(C)c1cccc(C(NN)C2=CCCCCC2)c1. The van der Waals surface area contributed by atoms with Gasteiger partial charge in [0.15, 0.2) is 0 Å². The Bertz CT molecular complexity index is 437. The van der Waals surface area contributed by atoms with E-state index in [9.17, 15) is 0 Å². The van der Waals surface area contributed by atoms with Crippen LogP contribution in [0, 0.1) is 0 Å². The molecular formula is C16H25N3. The number of hydrogen-bond acceptors (Lipinski definition) is 3. The van der Waals surface area contributed by atoms with Crippen LogP contribution in [-0.4, -0.2) is 14.1 Å². The highest BCUT2D eigenvalue weighted by atomic mass is 15.2. The van der Waals surface area contributed by atoms with E-state index >= 15 is 0 Å². The first-order chi connectivity index (χ1) is 9.22. The quantitative estimate of drug-likeness (QED) is 0.496. The zero-order valence-electron chi connectivity index (χ0n) is 12.0. The molecule has 3 nitrogen and oxygen atoms in total. The number of benzene rings is 1. The van der Waals surface area contributed by atoms with Gasteiger partial charge in [0.05, 0.1) is 6.04 Å². The van der Waals surface area contributed by atoms with Gasteiger partial charge in [0, 0.05) is 19.8 Å². The van der Waals surface area contributed by atoms with Crippen molar-refractivity contribution in [1.82, 2.24) is 5.43 Å². The van der Waals surface area contributed by atoms with Crippen LogP contribution in [0.4, 0.5) is 5.69 Å². The van der Waals surface area contributed by atoms with Gasteiger partial charge in [0.2, 0.25) is 0 Å². The summed E-state index contributed by atoms with van der Waals surface area (Å²) in [5.74, 6) is 5.81. The second-order valence-corrected chi connectivity index (χ2v) is 5.47. The Labute approximate surface area is 116 Å². The zero-order chi connectivity index (χ0) is 13.7. The number of hydrazine groups is 1. The van der Waals surface area contributed by atoms with Crippen molar-refractivity contribution in [2.24, 2.45) is 5.84 Å². The number of rotatable bonds is 4. The van der Waals surface area contributed by atoms with Crippen molar-refractivity contribution < 1.29 is 0 Å². The van der Waals surface area contributed by atoms with Crippen LogP contribution in [0.2, 0.25) is 0 Å². The molecule has 1 aromatic carbocycles. The second-order valence-electron chi connectivity index (χ2n) is 5.47. The largest absolute Gasteiger partial charge is 0.378 e. The van der Waals surface area contributed by atoms with Crippen molar-refractivity contribution in [2.75, 3.05) is 19.0 Å². The van der Waals surface area contributed by atoms with E-state index in [1.54, 1.807) is 0 Å². The molecule has 1 aliphatic rings. The molecule has 0 saturated carbocycles. The Morgan fingerprint density at radius 2 is 2.05 bits per heavy atom. The highest BCUT2D eigenvalue weighted by molar-refractivity contribution is 5.49. The standard InChI is InChI=1S/C16H25N3/c1-19(2)15-11-7-10-14(12-15)16(18-17)13-8-5-3-4-6-9-13/h7-8,10-12,16,18H,3-6,9,17H2,1-2H3. The fourth-order valence-corrected chi connectivity index (χ4v) is 2.70. The van der Waals surface area contributed by atoms with Gasteiger partial charge >= 0.3 is 0 Å². The predicted molar refractivity (Wildman–Crippen MR) is 82.0 cm³/mol. The van der Waals surface area contributed by atoms with E-state index in [2.05, 4.69) is 54.8 Å². The summed E-state index contributed by atoms with van der Waals surface area (Å²) in [6, 6.07) is 8.75. The highest BCUT2D eigenvalue weighted by Crippen LogP contribution is 2.30. The minimum absolute atomic E-state index is 0.151.